The first-order valence-electron chi connectivity index (χ1n) is 10.7. The van der Waals surface area contributed by atoms with Gasteiger partial charge in [0.1, 0.15) is 17.6 Å². The van der Waals surface area contributed by atoms with Crippen molar-refractivity contribution in [1.82, 2.24) is 10.0 Å². The van der Waals surface area contributed by atoms with Gasteiger partial charge in [0.05, 0.1) is 24.2 Å². The quantitative estimate of drug-likeness (QED) is 0.432. The van der Waals surface area contributed by atoms with E-state index >= 15 is 0 Å². The van der Waals surface area contributed by atoms with E-state index in [0.29, 0.717) is 24.3 Å². The minimum atomic E-state index is -4.06. The van der Waals surface area contributed by atoms with E-state index in [9.17, 15) is 22.4 Å². The number of furan rings is 1. The van der Waals surface area contributed by atoms with Crippen LogP contribution in [0.15, 0.2) is 82.3 Å². The Balaban J connectivity index is 1.81. The van der Waals surface area contributed by atoms with E-state index < -0.39 is 40.2 Å². The van der Waals surface area contributed by atoms with Crippen molar-refractivity contribution in [3.63, 3.8) is 0 Å². The summed E-state index contributed by atoms with van der Waals surface area (Å²) >= 11 is 0. The molecule has 2 amide bonds. The number of para-hydroxylation sites is 1. The summed E-state index contributed by atoms with van der Waals surface area (Å²) in [5.74, 6) is -1.01. The predicted octanol–water partition coefficient (Wildman–Crippen LogP) is 3.22. The maximum Gasteiger partial charge on any atom is 0.243 e. The number of nitrogens with zero attached hydrogens (tertiary/aromatic N) is 1. The Morgan fingerprint density at radius 2 is 1.74 bits per heavy atom. The fraction of sp³-hybridized carbons (Fsp3) is 0.250. The van der Waals surface area contributed by atoms with Gasteiger partial charge in [-0.15, -0.1) is 0 Å². The van der Waals surface area contributed by atoms with Crippen molar-refractivity contribution in [3.8, 4) is 0 Å². The molecule has 0 fully saturated rings. The van der Waals surface area contributed by atoms with Crippen molar-refractivity contribution in [2.24, 2.45) is 0 Å². The van der Waals surface area contributed by atoms with Crippen LogP contribution >= 0.6 is 0 Å². The van der Waals surface area contributed by atoms with Crippen molar-refractivity contribution in [2.75, 3.05) is 11.4 Å². The van der Waals surface area contributed by atoms with Crippen molar-refractivity contribution >= 4 is 27.5 Å². The smallest absolute Gasteiger partial charge is 0.243 e. The molecule has 2 aromatic carbocycles. The van der Waals surface area contributed by atoms with Crippen LogP contribution in [0.3, 0.4) is 0 Å². The lowest BCUT2D eigenvalue weighted by atomic mass is 10.1. The first-order valence-corrected chi connectivity index (χ1v) is 12.2. The third-order valence-corrected chi connectivity index (χ3v) is 6.45. The maximum absolute atomic E-state index is 13.3. The zero-order chi connectivity index (χ0) is 24.6. The summed E-state index contributed by atoms with van der Waals surface area (Å²) in [6, 6.07) is 15.4. The second kappa shape index (κ2) is 11.6. The number of hydrogen-bond acceptors (Lipinski definition) is 5. The summed E-state index contributed by atoms with van der Waals surface area (Å²) in [5, 5.41) is 2.78. The molecule has 0 radical (unpaired) electrons. The molecular weight excluding hydrogens is 461 g/mol. The van der Waals surface area contributed by atoms with Gasteiger partial charge in [0.25, 0.3) is 0 Å². The fourth-order valence-corrected chi connectivity index (χ4v) is 4.36. The SMILES string of the molecule is CCC[C@H](C(=O)NCc1ccco1)N(C(=O)CNS(=O)(=O)c1ccc(F)cc1)c1ccccc1. The second-order valence-corrected chi connectivity index (χ2v) is 9.25. The number of benzene rings is 2. The monoisotopic (exact) mass is 487 g/mol. The highest BCUT2D eigenvalue weighted by atomic mass is 32.2. The number of anilines is 1. The minimum absolute atomic E-state index is 0.153. The molecule has 0 aliphatic rings. The Hall–Kier alpha value is -3.50. The van der Waals surface area contributed by atoms with E-state index in [1.165, 1.54) is 11.2 Å². The average Bonchev–Trinajstić information content (AvgIpc) is 3.36. The normalized spacial score (nSPS) is 12.2. The highest BCUT2D eigenvalue weighted by Gasteiger charge is 2.31. The lowest BCUT2D eigenvalue weighted by Crippen LogP contribution is -2.52. The number of carbonyl (C=O) groups is 2. The number of amides is 2. The second-order valence-electron chi connectivity index (χ2n) is 7.48. The third-order valence-electron chi connectivity index (χ3n) is 5.03. The molecule has 0 aliphatic heterocycles. The molecule has 34 heavy (non-hydrogen) atoms. The molecule has 1 aromatic heterocycles. The van der Waals surface area contributed by atoms with Gasteiger partial charge in [-0.25, -0.2) is 17.5 Å². The number of halogens is 1. The highest BCUT2D eigenvalue weighted by molar-refractivity contribution is 7.89. The van der Waals surface area contributed by atoms with Crippen molar-refractivity contribution in [2.45, 2.75) is 37.2 Å². The average molecular weight is 488 g/mol. The summed E-state index contributed by atoms with van der Waals surface area (Å²) < 4.78 is 45.8. The lowest BCUT2D eigenvalue weighted by molar-refractivity contribution is -0.126. The summed E-state index contributed by atoms with van der Waals surface area (Å²) in [6.07, 6.45) is 2.46. The van der Waals surface area contributed by atoms with Gasteiger partial charge in [-0.1, -0.05) is 31.5 Å². The fourth-order valence-electron chi connectivity index (χ4n) is 3.38. The lowest BCUT2D eigenvalue weighted by Gasteiger charge is -2.31. The molecule has 3 aromatic rings. The molecule has 0 aliphatic carbocycles. The Labute approximate surface area is 197 Å². The van der Waals surface area contributed by atoms with E-state index in [2.05, 4.69) is 10.0 Å². The Morgan fingerprint density at radius 1 is 1.03 bits per heavy atom. The van der Waals surface area contributed by atoms with E-state index in [0.717, 1.165) is 24.3 Å². The number of sulfonamides is 1. The first-order chi connectivity index (χ1) is 16.3. The van der Waals surface area contributed by atoms with Gasteiger partial charge in [0.2, 0.25) is 21.8 Å². The zero-order valence-corrected chi connectivity index (χ0v) is 19.4. The van der Waals surface area contributed by atoms with Gasteiger partial charge in [0.15, 0.2) is 0 Å². The molecule has 0 spiro atoms. The molecule has 8 nitrogen and oxygen atoms in total. The summed E-state index contributed by atoms with van der Waals surface area (Å²) in [6.45, 7) is 1.46. The Bertz CT molecular complexity index is 1180. The van der Waals surface area contributed by atoms with Crippen molar-refractivity contribution in [1.29, 1.82) is 0 Å². The van der Waals surface area contributed by atoms with Gasteiger partial charge >= 0.3 is 0 Å². The van der Waals surface area contributed by atoms with Gasteiger partial charge in [-0.05, 0) is 55.0 Å². The molecular formula is C24H26FN3O5S. The highest BCUT2D eigenvalue weighted by Crippen LogP contribution is 2.20. The molecule has 0 bridgehead atoms. The molecule has 0 unspecified atom stereocenters. The number of rotatable bonds is 11. The molecule has 0 saturated carbocycles. The van der Waals surface area contributed by atoms with Crippen LogP contribution in [0.25, 0.3) is 0 Å². The van der Waals surface area contributed by atoms with Crippen LogP contribution in [0, 0.1) is 5.82 Å². The zero-order valence-electron chi connectivity index (χ0n) is 18.6. The van der Waals surface area contributed by atoms with Crippen molar-refractivity contribution < 1.29 is 26.8 Å². The first kappa shape index (κ1) is 25.1. The van der Waals surface area contributed by atoms with Gasteiger partial charge in [-0.2, -0.15) is 0 Å². The molecule has 0 saturated heterocycles. The van der Waals surface area contributed by atoms with Crippen LogP contribution in [0.4, 0.5) is 10.1 Å². The van der Waals surface area contributed by atoms with Crippen LogP contribution in [0.2, 0.25) is 0 Å². The minimum Gasteiger partial charge on any atom is -0.467 e. The van der Waals surface area contributed by atoms with Crippen LogP contribution in [0.5, 0.6) is 0 Å². The van der Waals surface area contributed by atoms with E-state index in [4.69, 9.17) is 4.42 Å². The van der Waals surface area contributed by atoms with Crippen molar-refractivity contribution in [3.05, 3.63) is 84.6 Å². The van der Waals surface area contributed by atoms with E-state index in [-0.39, 0.29) is 11.4 Å². The standard InChI is InChI=1S/C24H26FN3O5S/c1-2-7-22(24(30)26-16-20-10-6-15-33-20)28(19-8-4-3-5-9-19)23(29)17-27-34(31,32)21-13-11-18(25)12-14-21/h3-6,8-15,22,27H,2,7,16-17H2,1H3,(H,26,30)/t22-/m1/s1. The van der Waals surface area contributed by atoms with Gasteiger partial charge in [-0.3, -0.25) is 14.5 Å². The number of hydrogen-bond donors (Lipinski definition) is 2. The summed E-state index contributed by atoms with van der Waals surface area (Å²) in [5.41, 5.74) is 0.458. The molecule has 3 rings (SSSR count). The largest absolute Gasteiger partial charge is 0.467 e. The Kier molecular flexibility index (Phi) is 8.55. The molecule has 10 heteroatoms. The maximum atomic E-state index is 13.3. The third kappa shape index (κ3) is 6.52. The van der Waals surface area contributed by atoms with Gasteiger partial charge in [0, 0.05) is 5.69 Å². The molecule has 2 N–H and O–H groups in total. The van der Waals surface area contributed by atoms with Crippen LogP contribution in [-0.4, -0.2) is 32.8 Å². The van der Waals surface area contributed by atoms with Crippen LogP contribution in [-0.2, 0) is 26.2 Å². The molecule has 180 valence electrons. The molecule has 1 heterocycles. The molecule has 1 atom stereocenters. The van der Waals surface area contributed by atoms with E-state index in [1.807, 2.05) is 6.92 Å². The van der Waals surface area contributed by atoms with Crippen LogP contribution < -0.4 is 14.9 Å². The predicted molar refractivity (Wildman–Crippen MR) is 125 cm³/mol. The van der Waals surface area contributed by atoms with Crippen LogP contribution in [0.1, 0.15) is 25.5 Å². The number of nitrogens with one attached hydrogen (secondary N) is 2. The van der Waals surface area contributed by atoms with E-state index in [1.54, 1.807) is 42.5 Å². The summed E-state index contributed by atoms with van der Waals surface area (Å²) in [7, 11) is -4.06. The van der Waals surface area contributed by atoms with Gasteiger partial charge < -0.3 is 9.73 Å². The topological polar surface area (TPSA) is 109 Å². The summed E-state index contributed by atoms with van der Waals surface area (Å²) in [4.78, 5) is 27.5. The number of carbonyl (C=O) groups excluding carboxylic acids is 2. The Morgan fingerprint density at radius 3 is 2.35 bits per heavy atom.